The fourth-order valence-corrected chi connectivity index (χ4v) is 8.00. The van der Waals surface area contributed by atoms with Gasteiger partial charge >= 0.3 is 0 Å². The van der Waals surface area contributed by atoms with Crippen LogP contribution in [-0.2, 0) is 0 Å². The summed E-state index contributed by atoms with van der Waals surface area (Å²) in [5, 5.41) is 7.87. The SMILES string of the molecule is CC(C)(NC(=O)c1cc(-c2ccc(Cl)cc2)cc(-n2ccnc2C2CC2)c1)C1CC1.Cc1nccn1-c1cc(C(=O)NC(C)(C)C2CC2)cc(-c2ccc(Cl)cc2)c1. The number of carbonyl (C=O) groups excluding carboxylic acids is 2. The number of hydrogen-bond acceptors (Lipinski definition) is 4. The average molecular weight is 814 g/mol. The van der Waals surface area contributed by atoms with Crippen LogP contribution in [0.3, 0.4) is 0 Å². The van der Waals surface area contributed by atoms with E-state index in [2.05, 4.69) is 65.0 Å². The Morgan fingerprint density at radius 1 is 0.586 bits per heavy atom. The molecule has 3 saturated carbocycles. The Morgan fingerprint density at radius 3 is 1.43 bits per heavy atom. The highest BCUT2D eigenvalue weighted by Gasteiger charge is 2.40. The van der Waals surface area contributed by atoms with Gasteiger partial charge in [0.15, 0.2) is 0 Å². The summed E-state index contributed by atoms with van der Waals surface area (Å²) < 4.78 is 4.11. The number of nitrogens with zero attached hydrogens (tertiary/aromatic N) is 4. The van der Waals surface area contributed by atoms with Crippen molar-refractivity contribution in [3.8, 4) is 33.6 Å². The molecule has 2 N–H and O–H groups in total. The summed E-state index contributed by atoms with van der Waals surface area (Å²) in [5.41, 5.74) is 6.81. The minimum atomic E-state index is -0.196. The first-order valence-corrected chi connectivity index (χ1v) is 21.0. The minimum absolute atomic E-state index is 0.0305. The van der Waals surface area contributed by atoms with E-state index in [1.807, 2.05) is 103 Å². The highest BCUT2D eigenvalue weighted by atomic mass is 35.5. The number of rotatable bonds is 11. The summed E-state index contributed by atoms with van der Waals surface area (Å²) in [6.45, 7) is 10.4. The molecule has 2 amide bonds. The van der Waals surface area contributed by atoms with Crippen molar-refractivity contribution in [1.82, 2.24) is 29.7 Å². The maximum atomic E-state index is 13.2. The van der Waals surface area contributed by atoms with Crippen LogP contribution in [0.4, 0.5) is 0 Å². The molecule has 298 valence electrons. The van der Waals surface area contributed by atoms with Crippen LogP contribution in [0.5, 0.6) is 0 Å². The average Bonchev–Trinajstić information content (AvgIpc) is 4.09. The summed E-state index contributed by atoms with van der Waals surface area (Å²) in [7, 11) is 0. The molecule has 0 bridgehead atoms. The molecule has 2 aromatic heterocycles. The van der Waals surface area contributed by atoms with Crippen LogP contribution >= 0.6 is 23.2 Å². The van der Waals surface area contributed by atoms with Crippen molar-refractivity contribution in [1.29, 1.82) is 0 Å². The van der Waals surface area contributed by atoms with Crippen molar-refractivity contribution in [2.75, 3.05) is 0 Å². The minimum Gasteiger partial charge on any atom is -0.347 e. The number of benzene rings is 4. The van der Waals surface area contributed by atoms with Gasteiger partial charge in [-0.3, -0.25) is 9.59 Å². The van der Waals surface area contributed by atoms with Crippen molar-refractivity contribution in [2.24, 2.45) is 11.8 Å². The summed E-state index contributed by atoms with van der Waals surface area (Å²) in [6, 6.07) is 27.4. The van der Waals surface area contributed by atoms with Crippen molar-refractivity contribution in [2.45, 2.75) is 90.1 Å². The van der Waals surface area contributed by atoms with Crippen LogP contribution in [0.25, 0.3) is 33.6 Å². The van der Waals surface area contributed by atoms with Crippen LogP contribution < -0.4 is 10.6 Å². The number of aromatic nitrogens is 4. The van der Waals surface area contributed by atoms with Crippen molar-refractivity contribution in [3.05, 3.63) is 143 Å². The Balaban J connectivity index is 0.000000162. The van der Waals surface area contributed by atoms with E-state index in [9.17, 15) is 9.59 Å². The van der Waals surface area contributed by atoms with Gasteiger partial charge in [-0.15, -0.1) is 0 Å². The molecule has 6 aromatic rings. The molecular formula is C48H50Cl2N6O2. The molecule has 3 aliphatic rings. The van der Waals surface area contributed by atoms with E-state index in [1.54, 1.807) is 6.20 Å². The Labute approximate surface area is 351 Å². The van der Waals surface area contributed by atoms with Crippen LogP contribution in [0.1, 0.15) is 105 Å². The lowest BCUT2D eigenvalue weighted by molar-refractivity contribution is 0.0894. The lowest BCUT2D eigenvalue weighted by Crippen LogP contribution is -2.45. The van der Waals surface area contributed by atoms with Gasteiger partial charge in [-0.2, -0.15) is 0 Å². The van der Waals surface area contributed by atoms with E-state index in [1.165, 1.54) is 38.5 Å². The maximum absolute atomic E-state index is 13.2. The summed E-state index contributed by atoms with van der Waals surface area (Å²) in [4.78, 5) is 35.2. The zero-order valence-electron chi connectivity index (χ0n) is 33.7. The third-order valence-corrected chi connectivity index (χ3v) is 12.3. The van der Waals surface area contributed by atoms with Gasteiger partial charge in [0, 0.05) is 74.3 Å². The summed E-state index contributed by atoms with van der Waals surface area (Å²) in [5.74, 6) is 3.52. The number of aryl methyl sites for hydroxylation is 1. The molecule has 3 aliphatic carbocycles. The second-order valence-electron chi connectivity index (χ2n) is 17.2. The molecule has 0 radical (unpaired) electrons. The zero-order valence-corrected chi connectivity index (χ0v) is 35.2. The van der Waals surface area contributed by atoms with Crippen LogP contribution in [0.2, 0.25) is 10.0 Å². The molecule has 0 aliphatic heterocycles. The molecule has 10 heteroatoms. The number of carbonyl (C=O) groups is 2. The van der Waals surface area contributed by atoms with Gasteiger partial charge in [0.05, 0.1) is 0 Å². The monoisotopic (exact) mass is 812 g/mol. The van der Waals surface area contributed by atoms with E-state index in [0.29, 0.717) is 38.9 Å². The van der Waals surface area contributed by atoms with Gasteiger partial charge in [-0.25, -0.2) is 9.97 Å². The number of amides is 2. The standard InChI is InChI=1S/C25H26ClN3O.C23H24ClN3O/c1-25(2,20-7-8-20)28-24(30)19-13-18(16-5-9-21(26)10-6-16)14-22(15-19)29-12-11-27-23(29)17-3-4-17;1-15-25-10-11-27(15)21-13-17(16-4-8-20(24)9-5-16)12-18(14-21)22(28)26-23(2,3)19-6-7-19/h5-6,9-15,17,20H,3-4,7-8H2,1-2H3,(H,28,30);4-5,8-14,19H,6-7H2,1-3H3,(H,26,28). The third kappa shape index (κ3) is 9.09. The van der Waals surface area contributed by atoms with Gasteiger partial charge in [-0.1, -0.05) is 47.5 Å². The highest BCUT2D eigenvalue weighted by Crippen LogP contribution is 2.42. The van der Waals surface area contributed by atoms with Crippen LogP contribution in [0.15, 0.2) is 110 Å². The molecule has 0 unspecified atom stereocenters. The molecule has 8 nitrogen and oxygen atoms in total. The van der Waals surface area contributed by atoms with Gasteiger partial charge in [0.2, 0.25) is 0 Å². The Hall–Kier alpha value is -5.18. The zero-order chi connectivity index (χ0) is 40.8. The molecular weight excluding hydrogens is 763 g/mol. The summed E-state index contributed by atoms with van der Waals surface area (Å²) >= 11 is 12.1. The van der Waals surface area contributed by atoms with Gasteiger partial charge in [-0.05, 0) is 168 Å². The smallest absolute Gasteiger partial charge is 0.251 e. The normalized spacial score (nSPS) is 15.4. The van der Waals surface area contributed by atoms with E-state index in [-0.39, 0.29) is 22.9 Å². The molecule has 4 aromatic carbocycles. The molecule has 0 saturated heterocycles. The van der Waals surface area contributed by atoms with E-state index in [4.69, 9.17) is 23.2 Å². The molecule has 58 heavy (non-hydrogen) atoms. The molecule has 0 spiro atoms. The van der Waals surface area contributed by atoms with Gasteiger partial charge < -0.3 is 19.8 Å². The van der Waals surface area contributed by atoms with Gasteiger partial charge in [0.25, 0.3) is 11.8 Å². The third-order valence-electron chi connectivity index (χ3n) is 11.8. The Bertz CT molecular complexity index is 2450. The van der Waals surface area contributed by atoms with Gasteiger partial charge in [0.1, 0.15) is 11.6 Å². The van der Waals surface area contributed by atoms with E-state index in [0.717, 1.165) is 45.3 Å². The number of imidazole rings is 2. The van der Waals surface area contributed by atoms with Crippen molar-refractivity contribution < 1.29 is 9.59 Å². The predicted molar refractivity (Wildman–Crippen MR) is 233 cm³/mol. The first kappa shape index (κ1) is 39.6. The van der Waals surface area contributed by atoms with E-state index >= 15 is 0 Å². The quantitative estimate of drug-likeness (QED) is 0.136. The fourth-order valence-electron chi connectivity index (χ4n) is 7.75. The topological polar surface area (TPSA) is 93.8 Å². The van der Waals surface area contributed by atoms with E-state index < -0.39 is 0 Å². The summed E-state index contributed by atoms with van der Waals surface area (Å²) in [6.07, 6.45) is 14.6. The second-order valence-corrected chi connectivity index (χ2v) is 18.1. The lowest BCUT2D eigenvalue weighted by Gasteiger charge is -2.26. The lowest BCUT2D eigenvalue weighted by atomic mass is 9.97. The molecule has 3 fully saturated rings. The largest absolute Gasteiger partial charge is 0.347 e. The Kier molecular flexibility index (Phi) is 10.8. The number of hydrogen-bond donors (Lipinski definition) is 2. The maximum Gasteiger partial charge on any atom is 0.251 e. The fraction of sp³-hybridized carbons (Fsp3) is 0.333. The second kappa shape index (κ2) is 15.9. The predicted octanol–water partition coefficient (Wildman–Crippen LogP) is 11.4. The van der Waals surface area contributed by atoms with Crippen molar-refractivity contribution in [3.63, 3.8) is 0 Å². The number of nitrogens with one attached hydrogen (secondary N) is 2. The number of halogens is 2. The first-order chi connectivity index (χ1) is 27.7. The van der Waals surface area contributed by atoms with Crippen LogP contribution in [0, 0.1) is 18.8 Å². The highest BCUT2D eigenvalue weighted by molar-refractivity contribution is 6.31. The van der Waals surface area contributed by atoms with Crippen molar-refractivity contribution >= 4 is 35.0 Å². The Morgan fingerprint density at radius 2 is 1.02 bits per heavy atom. The molecule has 0 atom stereocenters. The molecule has 2 heterocycles. The van der Waals surface area contributed by atoms with Crippen LogP contribution in [-0.4, -0.2) is 42.0 Å². The first-order valence-electron chi connectivity index (χ1n) is 20.2. The molecule has 9 rings (SSSR count).